The number of carbonyl (C=O) groups is 2. The Hall–Kier alpha value is -1.11. The van der Waals surface area contributed by atoms with Gasteiger partial charge in [-0.2, -0.15) is 0 Å². The van der Waals surface area contributed by atoms with Crippen LogP contribution in [0.1, 0.15) is 18.4 Å². The highest BCUT2D eigenvalue weighted by Gasteiger charge is 2.33. The van der Waals surface area contributed by atoms with Crippen LogP contribution < -0.4 is 0 Å². The van der Waals surface area contributed by atoms with Crippen molar-refractivity contribution in [2.75, 3.05) is 6.54 Å². The van der Waals surface area contributed by atoms with E-state index in [9.17, 15) is 9.59 Å². The minimum Gasteiger partial charge on any atom is -0.480 e. The summed E-state index contributed by atoms with van der Waals surface area (Å²) in [7, 11) is 0. The first-order valence-electron chi connectivity index (χ1n) is 5.85. The summed E-state index contributed by atoms with van der Waals surface area (Å²) >= 11 is 2.19. The third-order valence-electron chi connectivity index (χ3n) is 3.16. The van der Waals surface area contributed by atoms with E-state index in [1.807, 2.05) is 24.3 Å². The highest BCUT2D eigenvalue weighted by Crippen LogP contribution is 2.20. The van der Waals surface area contributed by atoms with Crippen LogP contribution >= 0.6 is 22.6 Å². The van der Waals surface area contributed by atoms with Crippen molar-refractivity contribution in [3.05, 3.63) is 33.4 Å². The van der Waals surface area contributed by atoms with E-state index in [0.29, 0.717) is 13.0 Å². The van der Waals surface area contributed by atoms with Gasteiger partial charge in [-0.15, -0.1) is 0 Å². The Bertz CT molecular complexity index is 475. The third kappa shape index (κ3) is 2.82. The van der Waals surface area contributed by atoms with Crippen LogP contribution in [0.5, 0.6) is 0 Å². The standard InChI is InChI=1S/C13H14INO3/c14-10-5-2-1-4-9(10)8-12(16)15-7-3-6-11(15)13(17)18/h1-2,4-5,11H,3,6-8H2,(H,17,18). The number of benzene rings is 1. The van der Waals surface area contributed by atoms with Crippen molar-refractivity contribution < 1.29 is 14.7 Å². The summed E-state index contributed by atoms with van der Waals surface area (Å²) in [4.78, 5) is 24.7. The van der Waals surface area contributed by atoms with E-state index in [0.717, 1.165) is 15.6 Å². The lowest BCUT2D eigenvalue weighted by Gasteiger charge is -2.21. The zero-order chi connectivity index (χ0) is 13.1. The quantitative estimate of drug-likeness (QED) is 0.839. The maximum atomic E-state index is 12.1. The van der Waals surface area contributed by atoms with E-state index in [1.165, 1.54) is 4.90 Å². The van der Waals surface area contributed by atoms with Crippen LogP contribution in [0.2, 0.25) is 0 Å². The Kier molecular flexibility index (Phi) is 4.21. The number of hydrogen-bond acceptors (Lipinski definition) is 2. The van der Waals surface area contributed by atoms with Gasteiger partial charge < -0.3 is 10.0 Å². The maximum absolute atomic E-state index is 12.1. The first-order valence-corrected chi connectivity index (χ1v) is 6.93. The lowest BCUT2D eigenvalue weighted by Crippen LogP contribution is -2.41. The number of carboxylic acids is 1. The van der Waals surface area contributed by atoms with Gasteiger partial charge in [-0.3, -0.25) is 4.79 Å². The minimum atomic E-state index is -0.899. The van der Waals surface area contributed by atoms with Gasteiger partial charge in [-0.1, -0.05) is 18.2 Å². The van der Waals surface area contributed by atoms with Crippen molar-refractivity contribution in [3.63, 3.8) is 0 Å². The van der Waals surface area contributed by atoms with Crippen LogP contribution in [0.3, 0.4) is 0 Å². The van der Waals surface area contributed by atoms with Crippen molar-refractivity contribution in [1.29, 1.82) is 0 Å². The zero-order valence-electron chi connectivity index (χ0n) is 9.80. The van der Waals surface area contributed by atoms with Crippen molar-refractivity contribution in [2.45, 2.75) is 25.3 Å². The number of amides is 1. The molecule has 0 bridgehead atoms. The Labute approximate surface area is 119 Å². The number of nitrogens with zero attached hydrogens (tertiary/aromatic N) is 1. The predicted molar refractivity (Wildman–Crippen MR) is 75.2 cm³/mol. The van der Waals surface area contributed by atoms with Crippen molar-refractivity contribution in [1.82, 2.24) is 4.90 Å². The third-order valence-corrected chi connectivity index (χ3v) is 4.21. The molecule has 1 atom stereocenters. The van der Waals surface area contributed by atoms with Crippen LogP contribution in [0, 0.1) is 3.57 Å². The molecule has 18 heavy (non-hydrogen) atoms. The summed E-state index contributed by atoms with van der Waals surface area (Å²) in [5.41, 5.74) is 0.958. The van der Waals surface area contributed by atoms with Gasteiger partial charge in [0.25, 0.3) is 0 Å². The topological polar surface area (TPSA) is 57.6 Å². The highest BCUT2D eigenvalue weighted by atomic mass is 127. The number of hydrogen-bond donors (Lipinski definition) is 1. The molecule has 1 heterocycles. The second-order valence-corrected chi connectivity index (χ2v) is 5.51. The smallest absolute Gasteiger partial charge is 0.326 e. The van der Waals surface area contributed by atoms with E-state index in [1.54, 1.807) is 0 Å². The number of carboxylic acid groups (broad SMARTS) is 1. The molecule has 0 aromatic heterocycles. The van der Waals surface area contributed by atoms with Gasteiger partial charge >= 0.3 is 5.97 Å². The largest absolute Gasteiger partial charge is 0.480 e. The van der Waals surface area contributed by atoms with Gasteiger partial charge in [0.05, 0.1) is 6.42 Å². The summed E-state index contributed by atoms with van der Waals surface area (Å²) in [6, 6.07) is 7.03. The summed E-state index contributed by atoms with van der Waals surface area (Å²) in [5, 5.41) is 9.06. The molecule has 2 rings (SSSR count). The molecule has 96 valence electrons. The fourth-order valence-electron chi connectivity index (χ4n) is 2.23. The molecule has 1 aliphatic rings. The van der Waals surface area contributed by atoms with Crippen LogP contribution in [-0.4, -0.2) is 34.5 Å². The molecule has 1 unspecified atom stereocenters. The predicted octanol–water partition coefficient (Wildman–Crippen LogP) is 1.91. The van der Waals surface area contributed by atoms with Gasteiger partial charge in [0, 0.05) is 10.1 Å². The SMILES string of the molecule is O=C(O)C1CCCN1C(=O)Cc1ccccc1I. The van der Waals surface area contributed by atoms with E-state index in [-0.39, 0.29) is 12.3 Å². The van der Waals surface area contributed by atoms with Crippen molar-refractivity contribution in [2.24, 2.45) is 0 Å². The lowest BCUT2D eigenvalue weighted by molar-refractivity contribution is -0.148. The summed E-state index contributed by atoms with van der Waals surface area (Å²) in [6.07, 6.45) is 1.62. The second kappa shape index (κ2) is 5.69. The number of halogens is 1. The monoisotopic (exact) mass is 359 g/mol. The molecule has 1 N–H and O–H groups in total. The Balaban J connectivity index is 2.08. The zero-order valence-corrected chi connectivity index (χ0v) is 12.0. The van der Waals surface area contributed by atoms with Crippen molar-refractivity contribution in [3.8, 4) is 0 Å². The Morgan fingerprint density at radius 1 is 1.39 bits per heavy atom. The van der Waals surface area contributed by atoms with E-state index in [4.69, 9.17) is 5.11 Å². The van der Waals surface area contributed by atoms with Gasteiger partial charge in [0.2, 0.25) is 5.91 Å². The minimum absolute atomic E-state index is 0.0935. The van der Waals surface area contributed by atoms with Gasteiger partial charge in [0.1, 0.15) is 6.04 Å². The van der Waals surface area contributed by atoms with Gasteiger partial charge in [-0.25, -0.2) is 4.79 Å². The van der Waals surface area contributed by atoms with Gasteiger partial charge in [0.15, 0.2) is 0 Å². The van der Waals surface area contributed by atoms with Crippen LogP contribution in [0.4, 0.5) is 0 Å². The molecule has 4 nitrogen and oxygen atoms in total. The fourth-order valence-corrected chi connectivity index (χ4v) is 2.81. The normalized spacial score (nSPS) is 18.9. The first-order chi connectivity index (χ1) is 8.59. The first kappa shape index (κ1) is 13.3. The average Bonchev–Trinajstić information content (AvgIpc) is 2.81. The average molecular weight is 359 g/mol. The second-order valence-electron chi connectivity index (χ2n) is 4.35. The molecule has 0 saturated carbocycles. The molecular weight excluding hydrogens is 345 g/mol. The molecule has 1 saturated heterocycles. The van der Waals surface area contributed by atoms with Crippen LogP contribution in [0.15, 0.2) is 24.3 Å². The molecule has 1 aliphatic heterocycles. The molecule has 1 aromatic rings. The summed E-state index contributed by atoms with van der Waals surface area (Å²) < 4.78 is 1.04. The summed E-state index contributed by atoms with van der Waals surface area (Å²) in [6.45, 7) is 0.555. The van der Waals surface area contributed by atoms with Gasteiger partial charge in [-0.05, 0) is 47.1 Å². The Morgan fingerprint density at radius 2 is 2.11 bits per heavy atom. The molecule has 1 amide bonds. The van der Waals surface area contributed by atoms with Crippen molar-refractivity contribution >= 4 is 34.5 Å². The number of aliphatic carboxylic acids is 1. The number of likely N-dealkylation sites (tertiary alicyclic amines) is 1. The van der Waals surface area contributed by atoms with E-state index < -0.39 is 12.0 Å². The van der Waals surface area contributed by atoms with E-state index in [2.05, 4.69) is 22.6 Å². The highest BCUT2D eigenvalue weighted by molar-refractivity contribution is 14.1. The summed E-state index contributed by atoms with van der Waals surface area (Å²) in [5.74, 6) is -0.993. The molecule has 1 fully saturated rings. The van der Waals surface area contributed by atoms with Crippen LogP contribution in [0.25, 0.3) is 0 Å². The Morgan fingerprint density at radius 3 is 2.78 bits per heavy atom. The van der Waals surface area contributed by atoms with Crippen LogP contribution in [-0.2, 0) is 16.0 Å². The van der Waals surface area contributed by atoms with E-state index >= 15 is 0 Å². The molecule has 1 aromatic carbocycles. The molecule has 0 aliphatic carbocycles. The lowest BCUT2D eigenvalue weighted by atomic mass is 10.1. The molecule has 0 spiro atoms. The number of rotatable bonds is 3. The molecular formula is C13H14INO3. The molecule has 0 radical (unpaired) electrons. The molecule has 5 heteroatoms. The fraction of sp³-hybridized carbons (Fsp3) is 0.385. The number of carbonyl (C=O) groups excluding carboxylic acids is 1. The maximum Gasteiger partial charge on any atom is 0.326 e.